The average molecular weight is 292 g/mol. The molecule has 1 aliphatic rings. The quantitative estimate of drug-likeness (QED) is 0.461. The number of nitro groups is 1. The zero-order chi connectivity index (χ0) is 15.2. The molecule has 7 nitrogen and oxygen atoms in total. The van der Waals surface area contributed by atoms with Crippen molar-refractivity contribution < 1.29 is 10.0 Å². The van der Waals surface area contributed by atoms with E-state index in [0.717, 1.165) is 12.8 Å². The molecule has 0 bridgehead atoms. The van der Waals surface area contributed by atoms with Gasteiger partial charge in [0.1, 0.15) is 12.4 Å². The molecule has 21 heavy (non-hydrogen) atoms. The van der Waals surface area contributed by atoms with E-state index in [-0.39, 0.29) is 12.2 Å². The lowest BCUT2D eigenvalue weighted by atomic mass is 10.2. The second-order valence-corrected chi connectivity index (χ2v) is 5.40. The fourth-order valence-electron chi connectivity index (χ4n) is 2.82. The van der Waals surface area contributed by atoms with Crippen LogP contribution >= 0.6 is 0 Å². The number of aromatic nitrogens is 2. The van der Waals surface area contributed by atoms with E-state index in [1.54, 1.807) is 0 Å². The summed E-state index contributed by atoms with van der Waals surface area (Å²) in [6.45, 7) is 1.20. The molecular formula is C14H20N4O3. The molecule has 114 valence electrons. The number of aliphatic hydroxyl groups is 1. The molecule has 1 saturated carbocycles. The van der Waals surface area contributed by atoms with Gasteiger partial charge in [-0.15, -0.1) is 6.42 Å². The number of terminal acetylenes is 1. The smallest absolute Gasteiger partial charge is 0.306 e. The van der Waals surface area contributed by atoms with Crippen LogP contribution in [0.2, 0.25) is 0 Å². The maximum atomic E-state index is 10.6. The Balaban J connectivity index is 1.90. The predicted molar refractivity (Wildman–Crippen MR) is 77.6 cm³/mol. The third-order valence-electron chi connectivity index (χ3n) is 3.81. The Morgan fingerprint density at radius 3 is 2.90 bits per heavy atom. The molecule has 7 heteroatoms. The Bertz CT molecular complexity index is 517. The second-order valence-electron chi connectivity index (χ2n) is 5.40. The SMILES string of the molecule is C#CCN(CC(O)Cn1cc([N+](=O)[O-])cn1)C1CCCC1. The lowest BCUT2D eigenvalue weighted by Gasteiger charge is -2.28. The molecule has 2 rings (SSSR count). The van der Waals surface area contributed by atoms with Crippen molar-refractivity contribution in [1.29, 1.82) is 0 Å². The van der Waals surface area contributed by atoms with Crippen LogP contribution in [0.3, 0.4) is 0 Å². The van der Waals surface area contributed by atoms with Gasteiger partial charge in [-0.2, -0.15) is 5.10 Å². The molecule has 0 amide bonds. The molecule has 1 heterocycles. The summed E-state index contributed by atoms with van der Waals surface area (Å²) in [5.41, 5.74) is -0.0709. The van der Waals surface area contributed by atoms with Gasteiger partial charge < -0.3 is 5.11 Å². The van der Waals surface area contributed by atoms with Crippen LogP contribution in [-0.2, 0) is 6.54 Å². The highest BCUT2D eigenvalue weighted by Crippen LogP contribution is 2.23. The van der Waals surface area contributed by atoms with Crippen LogP contribution < -0.4 is 0 Å². The van der Waals surface area contributed by atoms with Gasteiger partial charge >= 0.3 is 5.69 Å². The topological polar surface area (TPSA) is 84.4 Å². The third kappa shape index (κ3) is 4.28. The van der Waals surface area contributed by atoms with Crippen LogP contribution in [0.25, 0.3) is 0 Å². The molecule has 1 aliphatic carbocycles. The van der Waals surface area contributed by atoms with Crippen molar-refractivity contribution in [2.75, 3.05) is 13.1 Å². The Morgan fingerprint density at radius 2 is 2.33 bits per heavy atom. The Labute approximate surface area is 123 Å². The van der Waals surface area contributed by atoms with E-state index in [1.807, 2.05) is 0 Å². The third-order valence-corrected chi connectivity index (χ3v) is 3.81. The van der Waals surface area contributed by atoms with E-state index in [0.29, 0.717) is 19.1 Å². The molecule has 1 aromatic rings. The van der Waals surface area contributed by atoms with Gasteiger partial charge in [-0.25, -0.2) is 0 Å². The standard InChI is InChI=1S/C14H20N4O3/c1-2-7-16(12-5-3-4-6-12)10-14(19)11-17-9-13(8-15-17)18(20)21/h1,8-9,12,14,19H,3-7,10-11H2. The molecule has 0 radical (unpaired) electrons. The number of hydrogen-bond acceptors (Lipinski definition) is 5. The summed E-state index contributed by atoms with van der Waals surface area (Å²) in [5, 5.41) is 24.6. The van der Waals surface area contributed by atoms with Gasteiger partial charge in [-0.1, -0.05) is 18.8 Å². The summed E-state index contributed by atoms with van der Waals surface area (Å²) in [6.07, 6.45) is 11.9. The number of aliphatic hydroxyl groups excluding tert-OH is 1. The van der Waals surface area contributed by atoms with Crippen molar-refractivity contribution in [3.8, 4) is 12.3 Å². The number of hydrogen-bond donors (Lipinski definition) is 1. The van der Waals surface area contributed by atoms with E-state index in [4.69, 9.17) is 6.42 Å². The van der Waals surface area contributed by atoms with E-state index >= 15 is 0 Å². The molecule has 1 fully saturated rings. The maximum absolute atomic E-state index is 10.6. The number of rotatable bonds is 7. The van der Waals surface area contributed by atoms with Crippen molar-refractivity contribution in [2.45, 2.75) is 44.4 Å². The lowest BCUT2D eigenvalue weighted by molar-refractivity contribution is -0.385. The first-order valence-electron chi connectivity index (χ1n) is 7.12. The van der Waals surface area contributed by atoms with Crippen molar-refractivity contribution in [2.24, 2.45) is 0 Å². The van der Waals surface area contributed by atoms with Crippen LogP contribution in [0.15, 0.2) is 12.4 Å². The minimum Gasteiger partial charge on any atom is -0.390 e. The molecule has 0 saturated heterocycles. The summed E-state index contributed by atoms with van der Waals surface area (Å²) in [5.74, 6) is 2.64. The highest BCUT2D eigenvalue weighted by Gasteiger charge is 2.24. The summed E-state index contributed by atoms with van der Waals surface area (Å²) in [6, 6.07) is 0.433. The fraction of sp³-hybridized carbons (Fsp3) is 0.643. The number of nitrogens with zero attached hydrogens (tertiary/aromatic N) is 4. The van der Waals surface area contributed by atoms with E-state index < -0.39 is 11.0 Å². The molecule has 0 aliphatic heterocycles. The van der Waals surface area contributed by atoms with Crippen molar-refractivity contribution in [3.63, 3.8) is 0 Å². The summed E-state index contributed by atoms with van der Waals surface area (Å²) < 4.78 is 1.39. The van der Waals surface area contributed by atoms with E-state index in [9.17, 15) is 15.2 Å². The van der Waals surface area contributed by atoms with Gasteiger partial charge in [-0.05, 0) is 12.8 Å². The van der Waals surface area contributed by atoms with Gasteiger partial charge in [0.2, 0.25) is 0 Å². The first kappa shape index (κ1) is 15.5. The van der Waals surface area contributed by atoms with Crippen LogP contribution in [0, 0.1) is 22.5 Å². The summed E-state index contributed by atoms with van der Waals surface area (Å²) in [7, 11) is 0. The van der Waals surface area contributed by atoms with Crippen molar-refractivity contribution >= 4 is 5.69 Å². The highest BCUT2D eigenvalue weighted by atomic mass is 16.6. The van der Waals surface area contributed by atoms with Crippen LogP contribution in [0.1, 0.15) is 25.7 Å². The monoisotopic (exact) mass is 292 g/mol. The van der Waals surface area contributed by atoms with Crippen molar-refractivity contribution in [3.05, 3.63) is 22.5 Å². The van der Waals surface area contributed by atoms with Gasteiger partial charge in [0.25, 0.3) is 0 Å². The molecule has 1 unspecified atom stereocenters. The minimum absolute atomic E-state index is 0.0709. The normalized spacial score (nSPS) is 17.0. The fourth-order valence-corrected chi connectivity index (χ4v) is 2.82. The first-order chi connectivity index (χ1) is 10.1. The Morgan fingerprint density at radius 1 is 1.62 bits per heavy atom. The van der Waals surface area contributed by atoms with Gasteiger partial charge in [0.05, 0.1) is 24.1 Å². The van der Waals surface area contributed by atoms with Crippen molar-refractivity contribution in [1.82, 2.24) is 14.7 Å². The largest absolute Gasteiger partial charge is 0.390 e. The van der Waals surface area contributed by atoms with E-state index in [2.05, 4.69) is 15.9 Å². The molecule has 1 aromatic heterocycles. The predicted octanol–water partition coefficient (Wildman–Crippen LogP) is 1.03. The zero-order valence-electron chi connectivity index (χ0n) is 11.9. The molecule has 1 N–H and O–H groups in total. The van der Waals surface area contributed by atoms with Gasteiger partial charge in [-0.3, -0.25) is 19.7 Å². The molecule has 1 atom stereocenters. The van der Waals surface area contributed by atoms with Crippen LogP contribution in [0.5, 0.6) is 0 Å². The van der Waals surface area contributed by atoms with Crippen LogP contribution in [-0.4, -0.2) is 49.9 Å². The average Bonchev–Trinajstić information content (AvgIpc) is 3.09. The summed E-state index contributed by atoms with van der Waals surface area (Å²) in [4.78, 5) is 12.2. The van der Waals surface area contributed by atoms with Gasteiger partial charge in [0, 0.05) is 12.6 Å². The minimum atomic E-state index is -0.654. The second kappa shape index (κ2) is 7.20. The lowest BCUT2D eigenvalue weighted by Crippen LogP contribution is -2.40. The Hall–Kier alpha value is -1.91. The molecular weight excluding hydrogens is 272 g/mol. The summed E-state index contributed by atoms with van der Waals surface area (Å²) >= 11 is 0. The zero-order valence-corrected chi connectivity index (χ0v) is 11.9. The van der Waals surface area contributed by atoms with Gasteiger partial charge in [0.15, 0.2) is 0 Å². The first-order valence-corrected chi connectivity index (χ1v) is 7.12. The highest BCUT2D eigenvalue weighted by molar-refractivity contribution is 5.20. The maximum Gasteiger partial charge on any atom is 0.306 e. The van der Waals surface area contributed by atoms with E-state index in [1.165, 1.54) is 29.9 Å². The van der Waals surface area contributed by atoms with Crippen LogP contribution in [0.4, 0.5) is 5.69 Å². The Kier molecular flexibility index (Phi) is 5.31. The molecule has 0 aromatic carbocycles. The molecule has 0 spiro atoms.